The van der Waals surface area contributed by atoms with E-state index in [4.69, 9.17) is 10.5 Å². The fraction of sp³-hybridized carbons (Fsp3) is 0.364. The summed E-state index contributed by atoms with van der Waals surface area (Å²) in [5.74, 6) is -0.155. The van der Waals surface area contributed by atoms with Gasteiger partial charge in [-0.2, -0.15) is 0 Å². The molecule has 2 amide bonds. The second-order valence-corrected chi connectivity index (χ2v) is 7.38. The van der Waals surface area contributed by atoms with E-state index in [0.717, 1.165) is 24.9 Å². The highest BCUT2D eigenvalue weighted by molar-refractivity contribution is 6.08. The maximum Gasteiger partial charge on any atom is 0.258 e. The molecule has 7 heteroatoms. The number of benzene rings is 2. The van der Waals surface area contributed by atoms with Crippen molar-refractivity contribution >= 4 is 35.6 Å². The van der Waals surface area contributed by atoms with E-state index in [0.29, 0.717) is 31.0 Å². The van der Waals surface area contributed by atoms with E-state index in [-0.39, 0.29) is 30.1 Å². The molecule has 1 saturated heterocycles. The lowest BCUT2D eigenvalue weighted by molar-refractivity contribution is -0.119. The van der Waals surface area contributed by atoms with E-state index in [9.17, 15) is 9.59 Å². The van der Waals surface area contributed by atoms with Gasteiger partial charge in [0.15, 0.2) is 0 Å². The molecule has 1 fully saturated rings. The van der Waals surface area contributed by atoms with Crippen LogP contribution in [-0.2, 0) is 16.0 Å². The molecule has 0 aromatic heterocycles. The van der Waals surface area contributed by atoms with Gasteiger partial charge in [-0.25, -0.2) is 0 Å². The van der Waals surface area contributed by atoms with E-state index in [1.807, 2.05) is 18.2 Å². The number of nitrogens with zero attached hydrogens (tertiary/aromatic N) is 1. The van der Waals surface area contributed by atoms with Crippen molar-refractivity contribution in [2.45, 2.75) is 25.3 Å². The van der Waals surface area contributed by atoms with Gasteiger partial charge >= 0.3 is 0 Å². The van der Waals surface area contributed by atoms with Gasteiger partial charge in [-0.15, -0.1) is 12.4 Å². The predicted octanol–water partition coefficient (Wildman–Crippen LogP) is 3.00. The molecule has 0 aliphatic carbocycles. The van der Waals surface area contributed by atoms with E-state index < -0.39 is 6.04 Å². The average molecular weight is 416 g/mol. The first-order valence-electron chi connectivity index (χ1n) is 9.77. The fourth-order valence-electron chi connectivity index (χ4n) is 3.95. The Hall–Kier alpha value is -2.41. The van der Waals surface area contributed by atoms with Crippen LogP contribution in [0.2, 0.25) is 0 Å². The maximum absolute atomic E-state index is 13.0. The normalized spacial score (nSPS) is 17.2. The van der Waals surface area contributed by atoms with Crippen LogP contribution in [0.15, 0.2) is 48.5 Å². The van der Waals surface area contributed by atoms with E-state index in [1.54, 1.807) is 29.2 Å². The van der Waals surface area contributed by atoms with Gasteiger partial charge in [0.25, 0.3) is 5.91 Å². The Bertz CT molecular complexity index is 883. The number of carbonyl (C=O) groups excluding carboxylic acids is 2. The third-order valence-corrected chi connectivity index (χ3v) is 5.59. The number of halogens is 1. The van der Waals surface area contributed by atoms with Gasteiger partial charge in [0, 0.05) is 36.7 Å². The maximum atomic E-state index is 13.0. The van der Waals surface area contributed by atoms with Gasteiger partial charge in [0.05, 0.1) is 6.04 Å². The molecule has 2 aromatic rings. The molecule has 4 rings (SSSR count). The monoisotopic (exact) mass is 415 g/mol. The Morgan fingerprint density at radius 3 is 2.66 bits per heavy atom. The molecule has 2 aromatic carbocycles. The number of nitrogens with two attached hydrogens (primary N) is 1. The second-order valence-electron chi connectivity index (χ2n) is 7.38. The Morgan fingerprint density at radius 2 is 1.86 bits per heavy atom. The number of para-hydroxylation sites is 1. The van der Waals surface area contributed by atoms with Crippen molar-refractivity contribution in [2.75, 3.05) is 30.0 Å². The smallest absolute Gasteiger partial charge is 0.258 e. The lowest BCUT2D eigenvalue weighted by Gasteiger charge is -2.26. The molecule has 3 N–H and O–H groups in total. The first-order valence-corrected chi connectivity index (χ1v) is 9.77. The Labute approximate surface area is 176 Å². The summed E-state index contributed by atoms with van der Waals surface area (Å²) in [6, 6.07) is 14.4. The molecular weight excluding hydrogens is 390 g/mol. The number of carbonyl (C=O) groups is 2. The molecule has 6 nitrogen and oxygen atoms in total. The van der Waals surface area contributed by atoms with Gasteiger partial charge in [-0.3, -0.25) is 9.59 Å². The third-order valence-electron chi connectivity index (χ3n) is 5.59. The average Bonchev–Trinajstić information content (AvgIpc) is 3.17. The van der Waals surface area contributed by atoms with Crippen molar-refractivity contribution < 1.29 is 14.3 Å². The highest BCUT2D eigenvalue weighted by atomic mass is 35.5. The van der Waals surface area contributed by atoms with Crippen LogP contribution < -0.4 is 16.0 Å². The first kappa shape index (κ1) is 21.3. The minimum atomic E-state index is -0.575. The number of nitrogens with one attached hydrogen (secondary N) is 1. The van der Waals surface area contributed by atoms with Gasteiger partial charge < -0.3 is 20.7 Å². The minimum Gasteiger partial charge on any atom is -0.381 e. The molecule has 0 radical (unpaired) electrons. The summed E-state index contributed by atoms with van der Waals surface area (Å²) < 4.78 is 5.33. The van der Waals surface area contributed by atoms with Gasteiger partial charge in [-0.05, 0) is 55.0 Å². The summed E-state index contributed by atoms with van der Waals surface area (Å²) in [4.78, 5) is 27.3. The predicted molar refractivity (Wildman–Crippen MR) is 116 cm³/mol. The topological polar surface area (TPSA) is 84.7 Å². The zero-order valence-electron chi connectivity index (χ0n) is 16.2. The van der Waals surface area contributed by atoms with Crippen molar-refractivity contribution in [2.24, 2.45) is 11.7 Å². The molecule has 1 unspecified atom stereocenters. The Morgan fingerprint density at radius 1 is 1.10 bits per heavy atom. The van der Waals surface area contributed by atoms with Gasteiger partial charge in [0.1, 0.15) is 0 Å². The van der Waals surface area contributed by atoms with E-state index in [1.165, 1.54) is 5.56 Å². The lowest BCUT2D eigenvalue weighted by Crippen LogP contribution is -2.44. The SMILES string of the molecule is Cl.NC(C(=O)Nc1cccc(C(=O)N2CCc3ccccc32)c1)C1CCOCC1. The van der Waals surface area contributed by atoms with Gasteiger partial charge in [0.2, 0.25) is 5.91 Å². The number of hydrogen-bond donors (Lipinski definition) is 2. The molecule has 2 heterocycles. The molecule has 0 saturated carbocycles. The van der Waals surface area contributed by atoms with Crippen LogP contribution in [0.3, 0.4) is 0 Å². The molecular formula is C22H26ClN3O3. The summed E-state index contributed by atoms with van der Waals surface area (Å²) in [5, 5.41) is 2.87. The Balaban J connectivity index is 0.00000240. The number of anilines is 2. The van der Waals surface area contributed by atoms with Crippen LogP contribution in [-0.4, -0.2) is 37.6 Å². The summed E-state index contributed by atoms with van der Waals surface area (Å²) in [7, 11) is 0. The quantitative estimate of drug-likeness (QED) is 0.803. The van der Waals surface area contributed by atoms with E-state index in [2.05, 4.69) is 11.4 Å². The van der Waals surface area contributed by atoms with Crippen LogP contribution in [0.1, 0.15) is 28.8 Å². The number of rotatable bonds is 4. The largest absolute Gasteiger partial charge is 0.381 e. The number of hydrogen-bond acceptors (Lipinski definition) is 4. The van der Waals surface area contributed by atoms with Crippen LogP contribution >= 0.6 is 12.4 Å². The number of ether oxygens (including phenoxy) is 1. The van der Waals surface area contributed by atoms with Crippen molar-refractivity contribution in [3.8, 4) is 0 Å². The molecule has 2 aliphatic heterocycles. The van der Waals surface area contributed by atoms with E-state index >= 15 is 0 Å². The minimum absolute atomic E-state index is 0. The molecule has 29 heavy (non-hydrogen) atoms. The highest BCUT2D eigenvalue weighted by Gasteiger charge is 2.28. The van der Waals surface area contributed by atoms with Crippen molar-refractivity contribution in [3.63, 3.8) is 0 Å². The first-order chi connectivity index (χ1) is 13.6. The summed E-state index contributed by atoms with van der Waals surface area (Å²) in [6.45, 7) is 1.96. The highest BCUT2D eigenvalue weighted by Crippen LogP contribution is 2.29. The molecule has 1 atom stereocenters. The van der Waals surface area contributed by atoms with Crippen LogP contribution in [0.5, 0.6) is 0 Å². The summed E-state index contributed by atoms with van der Waals surface area (Å²) in [6.07, 6.45) is 2.45. The second kappa shape index (κ2) is 9.39. The zero-order chi connectivity index (χ0) is 19.5. The standard InChI is InChI=1S/C22H25N3O3.ClH/c23-20(16-9-12-28-13-10-16)21(26)24-18-6-3-5-17(14-18)22(27)25-11-8-15-4-1-2-7-19(15)25;/h1-7,14,16,20H,8-13,23H2,(H,24,26);1H. The number of amides is 2. The van der Waals surface area contributed by atoms with Crippen molar-refractivity contribution in [3.05, 3.63) is 59.7 Å². The third kappa shape index (κ3) is 4.61. The summed E-state index contributed by atoms with van der Waals surface area (Å²) >= 11 is 0. The molecule has 2 aliphatic rings. The fourth-order valence-corrected chi connectivity index (χ4v) is 3.95. The lowest BCUT2D eigenvalue weighted by atomic mass is 9.92. The van der Waals surface area contributed by atoms with Gasteiger partial charge in [-0.1, -0.05) is 24.3 Å². The molecule has 0 spiro atoms. The zero-order valence-corrected chi connectivity index (χ0v) is 17.0. The van der Waals surface area contributed by atoms with Crippen LogP contribution in [0.25, 0.3) is 0 Å². The summed E-state index contributed by atoms with van der Waals surface area (Å²) in [5.41, 5.74) is 9.43. The number of fused-ring (bicyclic) bond motifs is 1. The van der Waals surface area contributed by atoms with Crippen molar-refractivity contribution in [1.82, 2.24) is 0 Å². The van der Waals surface area contributed by atoms with Crippen molar-refractivity contribution in [1.29, 1.82) is 0 Å². The van der Waals surface area contributed by atoms with Crippen LogP contribution in [0.4, 0.5) is 11.4 Å². The molecule has 0 bridgehead atoms. The van der Waals surface area contributed by atoms with Crippen LogP contribution in [0, 0.1) is 5.92 Å². The Kier molecular flexibility index (Phi) is 6.90. The molecule has 154 valence electrons.